The first-order valence-electron chi connectivity index (χ1n) is 7.76. The van der Waals surface area contributed by atoms with E-state index in [4.69, 9.17) is 0 Å². The van der Waals surface area contributed by atoms with Crippen LogP contribution >= 0.6 is 0 Å². The number of carbonyl (C=O) groups excluding carboxylic acids is 2. The van der Waals surface area contributed by atoms with Crippen molar-refractivity contribution in [3.05, 3.63) is 34.9 Å². The molecule has 0 radical (unpaired) electrons. The average molecular weight is 348 g/mol. The summed E-state index contributed by atoms with van der Waals surface area (Å²) in [5.74, 6) is -3.89. The maximum atomic E-state index is 13.0. The predicted molar refractivity (Wildman–Crippen MR) is 87.8 cm³/mol. The highest BCUT2D eigenvalue weighted by Crippen LogP contribution is 2.46. The summed E-state index contributed by atoms with van der Waals surface area (Å²) in [5, 5.41) is 39.7. The number of allylic oxidation sites excluding steroid dienone is 1. The van der Waals surface area contributed by atoms with E-state index < -0.39 is 59.0 Å². The van der Waals surface area contributed by atoms with Gasteiger partial charge in [0.25, 0.3) is 0 Å². The van der Waals surface area contributed by atoms with Gasteiger partial charge >= 0.3 is 5.97 Å². The number of fused-ring (bicyclic) bond motifs is 1. The quantitative estimate of drug-likeness (QED) is 0.473. The highest BCUT2D eigenvalue weighted by molar-refractivity contribution is 6.20. The number of aliphatic hydroxyl groups is 1. The van der Waals surface area contributed by atoms with Gasteiger partial charge in [0.15, 0.2) is 11.6 Å². The van der Waals surface area contributed by atoms with Gasteiger partial charge in [0, 0.05) is 6.42 Å². The van der Waals surface area contributed by atoms with Crippen LogP contribution in [0.2, 0.25) is 0 Å². The second-order valence-electron chi connectivity index (χ2n) is 6.54. The number of phenolic OH excluding ortho intramolecular Hbond substituents is 2. The number of phenols is 2. The van der Waals surface area contributed by atoms with Crippen LogP contribution in [0.5, 0.6) is 11.5 Å². The first-order chi connectivity index (χ1) is 11.6. The highest BCUT2D eigenvalue weighted by atomic mass is 16.4. The molecular formula is C18H20O7. The molecule has 25 heavy (non-hydrogen) atoms. The van der Waals surface area contributed by atoms with E-state index in [2.05, 4.69) is 0 Å². The fourth-order valence-corrected chi connectivity index (χ4v) is 3.17. The van der Waals surface area contributed by atoms with Crippen molar-refractivity contribution in [3.63, 3.8) is 0 Å². The molecule has 0 bridgehead atoms. The summed E-state index contributed by atoms with van der Waals surface area (Å²) in [5.41, 5.74) is -1.80. The molecule has 0 saturated carbocycles. The van der Waals surface area contributed by atoms with Gasteiger partial charge in [0.1, 0.15) is 11.5 Å². The Morgan fingerprint density at radius 1 is 1.20 bits per heavy atom. The van der Waals surface area contributed by atoms with Gasteiger partial charge in [0.2, 0.25) is 0 Å². The van der Waals surface area contributed by atoms with E-state index in [0.717, 1.165) is 17.7 Å². The maximum Gasteiger partial charge on any atom is 0.304 e. The molecule has 1 aromatic carbocycles. The van der Waals surface area contributed by atoms with E-state index in [9.17, 15) is 34.8 Å². The number of carboxylic acid groups (broad SMARTS) is 1. The van der Waals surface area contributed by atoms with Crippen LogP contribution in [0, 0.1) is 5.41 Å². The van der Waals surface area contributed by atoms with Gasteiger partial charge in [-0.25, -0.2) is 0 Å². The molecule has 0 spiro atoms. The maximum absolute atomic E-state index is 13.0. The Labute approximate surface area is 144 Å². The lowest BCUT2D eigenvalue weighted by Gasteiger charge is -2.38. The van der Waals surface area contributed by atoms with Crippen LogP contribution in [0.25, 0.3) is 0 Å². The number of rotatable bonds is 5. The summed E-state index contributed by atoms with van der Waals surface area (Å²) in [4.78, 5) is 36.8. The second kappa shape index (κ2) is 6.68. The number of carboxylic acids is 1. The first-order valence-corrected chi connectivity index (χ1v) is 7.76. The third-order valence-electron chi connectivity index (χ3n) is 4.45. The zero-order chi connectivity index (χ0) is 18.9. The van der Waals surface area contributed by atoms with Crippen LogP contribution in [0.4, 0.5) is 0 Å². The summed E-state index contributed by atoms with van der Waals surface area (Å²) in [6, 6.07) is 2.14. The molecule has 2 rings (SSSR count). The number of carbonyl (C=O) groups is 3. The zero-order valence-corrected chi connectivity index (χ0v) is 13.9. The van der Waals surface area contributed by atoms with Gasteiger partial charge in [-0.15, -0.1) is 0 Å². The van der Waals surface area contributed by atoms with E-state index in [0.29, 0.717) is 0 Å². The molecule has 1 aromatic rings. The van der Waals surface area contributed by atoms with Gasteiger partial charge in [-0.2, -0.15) is 0 Å². The molecular weight excluding hydrogens is 328 g/mol. The molecule has 1 aliphatic rings. The minimum atomic E-state index is -1.90. The van der Waals surface area contributed by atoms with E-state index in [1.807, 2.05) is 0 Å². The molecule has 2 atom stereocenters. The molecule has 0 aromatic heterocycles. The number of aromatic hydroxyl groups is 2. The van der Waals surface area contributed by atoms with Crippen LogP contribution in [-0.2, 0) is 4.79 Å². The van der Waals surface area contributed by atoms with Crippen molar-refractivity contribution in [1.82, 2.24) is 0 Å². The van der Waals surface area contributed by atoms with Crippen molar-refractivity contribution in [1.29, 1.82) is 0 Å². The molecule has 7 nitrogen and oxygen atoms in total. The monoisotopic (exact) mass is 348 g/mol. The molecule has 0 fully saturated rings. The third kappa shape index (κ3) is 3.28. The standard InChI is InChI=1S/C18H20O7/c1-9(2)3-6-13(22)18(8-14(23)24)7-12(21)15-10(19)4-5-11(20)16(15)17(18)25/h3-5,13,19-20,22H,6-8H2,1-2H3,(H,23,24). The number of hydrogen-bond donors (Lipinski definition) is 4. The fourth-order valence-electron chi connectivity index (χ4n) is 3.17. The molecule has 134 valence electrons. The summed E-state index contributed by atoms with van der Waals surface area (Å²) in [6.07, 6.45) is -1.11. The van der Waals surface area contributed by atoms with Gasteiger partial charge in [-0.05, 0) is 32.4 Å². The van der Waals surface area contributed by atoms with Crippen LogP contribution in [0.3, 0.4) is 0 Å². The highest BCUT2D eigenvalue weighted by Gasteiger charge is 2.53. The second-order valence-corrected chi connectivity index (χ2v) is 6.54. The SMILES string of the molecule is CC(C)=CCC(O)C1(CC(=O)O)CC(=O)c2c(O)ccc(O)c2C1=O. The number of benzene rings is 1. The number of hydrogen-bond acceptors (Lipinski definition) is 6. The molecule has 4 N–H and O–H groups in total. The van der Waals surface area contributed by atoms with Crippen LogP contribution in [0.15, 0.2) is 23.8 Å². The largest absolute Gasteiger partial charge is 0.507 e. The van der Waals surface area contributed by atoms with Crippen LogP contribution in [-0.4, -0.2) is 44.1 Å². The molecule has 0 aliphatic heterocycles. The van der Waals surface area contributed by atoms with Gasteiger partial charge < -0.3 is 20.4 Å². The van der Waals surface area contributed by atoms with E-state index >= 15 is 0 Å². The summed E-state index contributed by atoms with van der Waals surface area (Å²) in [7, 11) is 0. The Morgan fingerprint density at radius 2 is 1.76 bits per heavy atom. The Bertz CT molecular complexity index is 774. The number of Topliss-reactive ketones (excluding diaryl/α,β-unsaturated/α-hetero) is 2. The summed E-state index contributed by atoms with van der Waals surface area (Å²) >= 11 is 0. The minimum absolute atomic E-state index is 0.0104. The topological polar surface area (TPSA) is 132 Å². The van der Waals surface area contributed by atoms with Gasteiger partial charge in [0.05, 0.1) is 29.1 Å². The fraction of sp³-hybridized carbons (Fsp3) is 0.389. The molecule has 0 saturated heterocycles. The summed E-state index contributed by atoms with van der Waals surface area (Å²) in [6.45, 7) is 3.56. The molecule has 7 heteroatoms. The molecule has 0 heterocycles. The van der Waals surface area contributed by atoms with E-state index in [-0.39, 0.29) is 12.0 Å². The Balaban J connectivity index is 2.63. The van der Waals surface area contributed by atoms with Crippen molar-refractivity contribution in [2.45, 2.75) is 39.2 Å². The minimum Gasteiger partial charge on any atom is -0.507 e. The van der Waals surface area contributed by atoms with Crippen LogP contribution < -0.4 is 0 Å². The van der Waals surface area contributed by atoms with Crippen molar-refractivity contribution in [2.24, 2.45) is 5.41 Å². The lowest BCUT2D eigenvalue weighted by Crippen LogP contribution is -2.48. The predicted octanol–water partition coefficient (Wildman–Crippen LogP) is 2.05. The van der Waals surface area contributed by atoms with Gasteiger partial charge in [-0.1, -0.05) is 11.6 Å². The number of aliphatic carboxylic acids is 1. The Kier molecular flexibility index (Phi) is 4.99. The molecule has 0 amide bonds. The lowest BCUT2D eigenvalue weighted by atomic mass is 9.63. The normalized spacial score (nSPS) is 20.8. The van der Waals surface area contributed by atoms with E-state index in [1.165, 1.54) is 0 Å². The van der Waals surface area contributed by atoms with Crippen molar-refractivity contribution in [3.8, 4) is 11.5 Å². The summed E-state index contributed by atoms with van der Waals surface area (Å²) < 4.78 is 0. The molecule has 2 unspecified atom stereocenters. The van der Waals surface area contributed by atoms with Crippen molar-refractivity contribution >= 4 is 17.5 Å². The molecule has 1 aliphatic carbocycles. The number of ketones is 2. The zero-order valence-electron chi connectivity index (χ0n) is 13.9. The average Bonchev–Trinajstić information content (AvgIpc) is 2.51. The van der Waals surface area contributed by atoms with Crippen molar-refractivity contribution < 1.29 is 34.8 Å². The van der Waals surface area contributed by atoms with Crippen LogP contribution in [0.1, 0.15) is 53.8 Å². The smallest absolute Gasteiger partial charge is 0.304 e. The van der Waals surface area contributed by atoms with E-state index in [1.54, 1.807) is 19.9 Å². The first kappa shape index (κ1) is 18.7. The van der Waals surface area contributed by atoms with Gasteiger partial charge in [-0.3, -0.25) is 14.4 Å². The Hall–Kier alpha value is -2.67. The lowest BCUT2D eigenvalue weighted by molar-refractivity contribution is -0.141. The Morgan fingerprint density at radius 3 is 2.28 bits per heavy atom. The number of aliphatic hydroxyl groups excluding tert-OH is 1. The van der Waals surface area contributed by atoms with Crippen molar-refractivity contribution in [2.75, 3.05) is 0 Å². The third-order valence-corrected chi connectivity index (χ3v) is 4.45.